The molecule has 0 saturated carbocycles. The van der Waals surface area contributed by atoms with Crippen LogP contribution in [0.4, 0.5) is 14.4 Å². The summed E-state index contributed by atoms with van der Waals surface area (Å²) in [4.78, 5) is 35.8. The van der Waals surface area contributed by atoms with E-state index in [4.69, 9.17) is 14.2 Å². The Morgan fingerprint density at radius 3 is 0.970 bits per heavy atom. The maximum absolute atomic E-state index is 11.9. The van der Waals surface area contributed by atoms with E-state index in [1.807, 2.05) is 7.05 Å². The van der Waals surface area contributed by atoms with Crippen LogP contribution in [-0.2, 0) is 14.2 Å². The fraction of sp³-hybridized carbons (Fsp3) is 0.864. The first-order chi connectivity index (χ1) is 14.3. The molecule has 33 heavy (non-hydrogen) atoms. The van der Waals surface area contributed by atoms with Crippen LogP contribution in [0.15, 0.2) is 0 Å². The lowest BCUT2D eigenvalue weighted by molar-refractivity contribution is -0.906. The molecule has 0 bridgehead atoms. The minimum absolute atomic E-state index is 0. The second-order valence-corrected chi connectivity index (χ2v) is 11.1. The first kappa shape index (κ1) is 33.7. The number of amides is 3. The number of nitrogens with zero attached hydrogens (tertiary/aromatic N) is 1. The third-order valence-electron chi connectivity index (χ3n) is 3.96. The van der Waals surface area contributed by atoms with Crippen LogP contribution in [-0.4, -0.2) is 85.9 Å². The molecule has 0 aliphatic heterocycles. The molecule has 0 aromatic heterocycles. The van der Waals surface area contributed by atoms with Crippen molar-refractivity contribution in [3.63, 3.8) is 0 Å². The Balaban J connectivity index is 0. The van der Waals surface area contributed by atoms with Gasteiger partial charge in [-0.15, -0.1) is 0 Å². The van der Waals surface area contributed by atoms with Crippen molar-refractivity contribution in [3.8, 4) is 0 Å². The second-order valence-electron chi connectivity index (χ2n) is 11.1. The van der Waals surface area contributed by atoms with Gasteiger partial charge in [-0.3, -0.25) is 0 Å². The SMILES string of the molecule is CC(C)(C)OC(=O)NCC[N+](C)(CCNC(=O)OC(C)(C)C)CCNC(=O)OC(C)(C)C.[I-]. The van der Waals surface area contributed by atoms with E-state index in [9.17, 15) is 14.4 Å². The summed E-state index contributed by atoms with van der Waals surface area (Å²) in [6, 6.07) is 0. The van der Waals surface area contributed by atoms with Gasteiger partial charge in [0.1, 0.15) is 16.8 Å². The van der Waals surface area contributed by atoms with Crippen LogP contribution in [0, 0.1) is 0 Å². The number of alkyl carbamates (subject to hydrolysis) is 3. The number of ether oxygens (including phenoxy) is 3. The predicted octanol–water partition coefficient (Wildman–Crippen LogP) is 0.0111. The van der Waals surface area contributed by atoms with Gasteiger partial charge in [0.25, 0.3) is 0 Å². The Hall–Kier alpha value is -1.50. The number of likely N-dealkylation sites (N-methyl/N-ethyl adjacent to an activating group) is 1. The molecule has 0 aliphatic rings. The largest absolute Gasteiger partial charge is 1.00 e. The van der Waals surface area contributed by atoms with Gasteiger partial charge in [-0.05, 0) is 62.3 Å². The molecule has 3 N–H and O–H groups in total. The smallest absolute Gasteiger partial charge is 0.407 e. The Labute approximate surface area is 216 Å². The van der Waals surface area contributed by atoms with Crippen molar-refractivity contribution in [3.05, 3.63) is 0 Å². The highest BCUT2D eigenvalue weighted by Gasteiger charge is 2.25. The van der Waals surface area contributed by atoms with Gasteiger partial charge >= 0.3 is 18.3 Å². The van der Waals surface area contributed by atoms with E-state index in [-0.39, 0.29) is 24.0 Å². The van der Waals surface area contributed by atoms with Crippen LogP contribution in [0.5, 0.6) is 0 Å². The highest BCUT2D eigenvalue weighted by Crippen LogP contribution is 2.09. The summed E-state index contributed by atoms with van der Waals surface area (Å²) in [5, 5.41) is 8.26. The Kier molecular flexibility index (Phi) is 14.3. The summed E-state index contributed by atoms with van der Waals surface area (Å²) < 4.78 is 16.3. The highest BCUT2D eigenvalue weighted by atomic mass is 127. The Morgan fingerprint density at radius 1 is 0.576 bits per heavy atom. The summed E-state index contributed by atoms with van der Waals surface area (Å²) in [6.45, 7) is 19.1. The van der Waals surface area contributed by atoms with Crippen molar-refractivity contribution in [2.45, 2.75) is 79.1 Å². The van der Waals surface area contributed by atoms with E-state index in [1.54, 1.807) is 62.3 Å². The van der Waals surface area contributed by atoms with Crippen LogP contribution in [0.3, 0.4) is 0 Å². The summed E-state index contributed by atoms with van der Waals surface area (Å²) in [7, 11) is 1.99. The van der Waals surface area contributed by atoms with Crippen LogP contribution < -0.4 is 39.9 Å². The third-order valence-corrected chi connectivity index (χ3v) is 3.96. The van der Waals surface area contributed by atoms with Crippen molar-refractivity contribution in [2.24, 2.45) is 0 Å². The molecule has 0 fully saturated rings. The maximum atomic E-state index is 11.9. The molecule has 0 radical (unpaired) electrons. The van der Waals surface area contributed by atoms with Gasteiger partial charge in [-0.2, -0.15) is 0 Å². The number of nitrogens with one attached hydrogen (secondary N) is 3. The minimum atomic E-state index is -0.573. The molecule has 0 rings (SSSR count). The lowest BCUT2D eigenvalue weighted by Gasteiger charge is -2.35. The Morgan fingerprint density at radius 2 is 0.788 bits per heavy atom. The number of carbonyl (C=O) groups is 3. The molecule has 0 aromatic rings. The molecule has 0 atom stereocenters. The van der Waals surface area contributed by atoms with Gasteiger partial charge in [-0.25, -0.2) is 14.4 Å². The van der Waals surface area contributed by atoms with Crippen molar-refractivity contribution in [1.82, 2.24) is 16.0 Å². The number of carbonyl (C=O) groups excluding carboxylic acids is 3. The van der Waals surface area contributed by atoms with E-state index in [1.165, 1.54) is 0 Å². The quantitative estimate of drug-likeness (QED) is 0.199. The summed E-state index contributed by atoms with van der Waals surface area (Å²) in [6.07, 6.45) is -1.45. The zero-order chi connectivity index (χ0) is 25.2. The van der Waals surface area contributed by atoms with Crippen LogP contribution >= 0.6 is 0 Å². The topological polar surface area (TPSA) is 115 Å². The fourth-order valence-corrected chi connectivity index (χ4v) is 2.56. The van der Waals surface area contributed by atoms with Gasteiger partial charge in [0, 0.05) is 0 Å². The standard InChI is InChI=1S/C22H44N4O6.HI/c1-20(2,3)30-17(27)23-11-14-26(10,15-12-24-18(28)31-21(4,5)6)16-13-25-19(29)32-22(7,8)9;/h11-16H2,1-10H3,(H2-,23,24,25,27,28,29);1H. The van der Waals surface area contributed by atoms with Crippen LogP contribution in [0.1, 0.15) is 62.3 Å². The fourth-order valence-electron chi connectivity index (χ4n) is 2.56. The minimum Gasteiger partial charge on any atom is -1.00 e. The normalized spacial score (nSPS) is 12.2. The maximum Gasteiger partial charge on any atom is 0.407 e. The van der Waals surface area contributed by atoms with E-state index < -0.39 is 35.1 Å². The molecule has 0 aliphatic carbocycles. The lowest BCUT2D eigenvalue weighted by atomic mass is 10.2. The van der Waals surface area contributed by atoms with Crippen molar-refractivity contribution in [2.75, 3.05) is 46.3 Å². The van der Waals surface area contributed by atoms with E-state index in [0.29, 0.717) is 43.8 Å². The van der Waals surface area contributed by atoms with Crippen molar-refractivity contribution in [1.29, 1.82) is 0 Å². The molecule has 3 amide bonds. The number of halogens is 1. The van der Waals surface area contributed by atoms with Gasteiger partial charge in [-0.1, -0.05) is 0 Å². The molecule has 0 saturated heterocycles. The number of hydrogen-bond acceptors (Lipinski definition) is 6. The molecule has 0 unspecified atom stereocenters. The molecule has 10 nitrogen and oxygen atoms in total. The van der Waals surface area contributed by atoms with Gasteiger partial charge in [0.05, 0.1) is 46.3 Å². The Bertz CT molecular complexity index is 540. The number of rotatable bonds is 9. The number of quaternary nitrogens is 1. The molecular weight excluding hydrogens is 543 g/mol. The summed E-state index contributed by atoms with van der Waals surface area (Å²) in [5.74, 6) is 0. The molecular formula is C22H45IN4O6. The first-order valence-electron chi connectivity index (χ1n) is 11.0. The van der Waals surface area contributed by atoms with Gasteiger partial charge in [0.15, 0.2) is 0 Å². The summed E-state index contributed by atoms with van der Waals surface area (Å²) in [5.41, 5.74) is -1.72. The van der Waals surface area contributed by atoms with E-state index in [2.05, 4.69) is 16.0 Å². The molecule has 11 heteroatoms. The second kappa shape index (κ2) is 14.0. The zero-order valence-electron chi connectivity index (χ0n) is 22.0. The van der Waals surface area contributed by atoms with Crippen molar-refractivity contribution >= 4 is 18.3 Å². The highest BCUT2D eigenvalue weighted by molar-refractivity contribution is 5.68. The monoisotopic (exact) mass is 588 g/mol. The van der Waals surface area contributed by atoms with Crippen LogP contribution in [0.25, 0.3) is 0 Å². The first-order valence-corrected chi connectivity index (χ1v) is 11.0. The van der Waals surface area contributed by atoms with Crippen molar-refractivity contribution < 1.29 is 57.1 Å². The zero-order valence-corrected chi connectivity index (χ0v) is 24.2. The molecule has 0 aromatic carbocycles. The lowest BCUT2D eigenvalue weighted by Crippen LogP contribution is -3.00. The molecule has 0 spiro atoms. The molecule has 0 heterocycles. The van der Waals surface area contributed by atoms with Gasteiger partial charge < -0.3 is 58.6 Å². The van der Waals surface area contributed by atoms with E-state index in [0.717, 1.165) is 0 Å². The predicted molar refractivity (Wildman–Crippen MR) is 123 cm³/mol. The average molecular weight is 589 g/mol. The summed E-state index contributed by atoms with van der Waals surface area (Å²) >= 11 is 0. The number of hydrogen-bond donors (Lipinski definition) is 3. The van der Waals surface area contributed by atoms with Crippen LogP contribution in [0.2, 0.25) is 0 Å². The molecule has 196 valence electrons. The average Bonchev–Trinajstić information content (AvgIpc) is 2.49. The van der Waals surface area contributed by atoms with Gasteiger partial charge in [0.2, 0.25) is 0 Å². The third kappa shape index (κ3) is 20.8. The van der Waals surface area contributed by atoms with E-state index >= 15 is 0 Å².